The van der Waals surface area contributed by atoms with Gasteiger partial charge in [0.15, 0.2) is 0 Å². The second kappa shape index (κ2) is 5.46. The van der Waals surface area contributed by atoms with E-state index in [4.69, 9.17) is 10.8 Å². The molecule has 0 aliphatic heterocycles. The van der Waals surface area contributed by atoms with Crippen LogP contribution in [0.5, 0.6) is 0 Å². The van der Waals surface area contributed by atoms with Gasteiger partial charge >= 0.3 is 5.97 Å². The van der Waals surface area contributed by atoms with E-state index in [2.05, 4.69) is 12.6 Å². The fraction of sp³-hybridized carbons (Fsp3) is 0.182. The van der Waals surface area contributed by atoms with Crippen LogP contribution in [-0.2, 0) is 0 Å². The second-order valence-electron chi connectivity index (χ2n) is 3.07. The van der Waals surface area contributed by atoms with Gasteiger partial charge in [-0.1, -0.05) is 18.2 Å². The summed E-state index contributed by atoms with van der Waals surface area (Å²) in [6.07, 6.45) is 4.67. The highest BCUT2D eigenvalue weighted by Crippen LogP contribution is 2.15. The van der Waals surface area contributed by atoms with Gasteiger partial charge in [-0.05, 0) is 29.9 Å². The van der Waals surface area contributed by atoms with Gasteiger partial charge < -0.3 is 10.8 Å². The summed E-state index contributed by atoms with van der Waals surface area (Å²) in [5.41, 5.74) is 6.79. The van der Waals surface area contributed by atoms with E-state index in [-0.39, 0.29) is 11.3 Å². The first-order chi connectivity index (χ1) is 7.15. The highest BCUT2D eigenvalue weighted by Gasteiger charge is 2.06. The van der Waals surface area contributed by atoms with Gasteiger partial charge in [0.05, 0.1) is 5.56 Å². The number of hydrogen-bond acceptors (Lipinski definition) is 3. The minimum Gasteiger partial charge on any atom is -0.478 e. The molecule has 4 heteroatoms. The molecular formula is C11H13NO2S. The third-order valence-electron chi connectivity index (χ3n) is 1.91. The maximum absolute atomic E-state index is 10.8. The predicted octanol–water partition coefficient (Wildman–Crippen LogP) is 2.30. The minimum absolute atomic E-state index is 0.142. The molecule has 1 rings (SSSR count). The Kier molecular flexibility index (Phi) is 4.24. The van der Waals surface area contributed by atoms with E-state index in [1.165, 1.54) is 0 Å². The number of nitrogen functional groups attached to an aromatic ring is 1. The maximum Gasteiger partial charge on any atom is 0.337 e. The Balaban J connectivity index is 2.92. The van der Waals surface area contributed by atoms with Crippen molar-refractivity contribution in [3.05, 3.63) is 35.4 Å². The van der Waals surface area contributed by atoms with Crippen molar-refractivity contribution in [1.29, 1.82) is 0 Å². The van der Waals surface area contributed by atoms with Gasteiger partial charge in [-0.25, -0.2) is 4.79 Å². The quantitative estimate of drug-likeness (QED) is 0.542. The highest BCUT2D eigenvalue weighted by atomic mass is 32.1. The summed E-state index contributed by atoms with van der Waals surface area (Å²) in [4.78, 5) is 10.8. The fourth-order valence-electron chi connectivity index (χ4n) is 1.16. The number of carboxylic acids is 1. The molecule has 0 heterocycles. The number of allylic oxidation sites excluding steroid dienone is 1. The predicted molar refractivity (Wildman–Crippen MR) is 65.3 cm³/mol. The standard InChI is InChI=1S/C11H13NO2S/c12-10-5-4-8(3-1-2-6-15)7-9(10)11(13)14/h1,3-5,7,15H,2,6,12H2,(H,13,14). The Morgan fingerprint density at radius 2 is 2.27 bits per heavy atom. The second-order valence-corrected chi connectivity index (χ2v) is 3.51. The van der Waals surface area contributed by atoms with E-state index >= 15 is 0 Å². The smallest absolute Gasteiger partial charge is 0.337 e. The lowest BCUT2D eigenvalue weighted by Gasteiger charge is -2.01. The zero-order valence-corrected chi connectivity index (χ0v) is 9.08. The number of hydrogen-bond donors (Lipinski definition) is 3. The molecule has 0 aromatic heterocycles. The van der Waals surface area contributed by atoms with Crippen LogP contribution in [0.2, 0.25) is 0 Å². The summed E-state index contributed by atoms with van der Waals surface area (Å²) in [5.74, 6) is -0.228. The topological polar surface area (TPSA) is 63.3 Å². The van der Waals surface area contributed by atoms with Crippen molar-refractivity contribution >= 4 is 30.4 Å². The zero-order valence-electron chi connectivity index (χ0n) is 8.18. The van der Waals surface area contributed by atoms with Crippen molar-refractivity contribution in [1.82, 2.24) is 0 Å². The van der Waals surface area contributed by atoms with Gasteiger partial charge in [-0.2, -0.15) is 12.6 Å². The first-order valence-electron chi connectivity index (χ1n) is 4.55. The Bertz CT molecular complexity index is 388. The monoisotopic (exact) mass is 223 g/mol. The molecule has 0 bridgehead atoms. The molecule has 1 aromatic carbocycles. The van der Waals surface area contributed by atoms with Gasteiger partial charge in [0, 0.05) is 5.69 Å². The van der Waals surface area contributed by atoms with Crippen LogP contribution in [0, 0.1) is 0 Å². The van der Waals surface area contributed by atoms with Crippen LogP contribution in [0.1, 0.15) is 22.3 Å². The molecule has 0 unspecified atom stereocenters. The van der Waals surface area contributed by atoms with Crippen molar-refractivity contribution in [2.75, 3.05) is 11.5 Å². The lowest BCUT2D eigenvalue weighted by atomic mass is 10.1. The zero-order chi connectivity index (χ0) is 11.3. The average molecular weight is 223 g/mol. The van der Waals surface area contributed by atoms with Crippen molar-refractivity contribution in [3.8, 4) is 0 Å². The van der Waals surface area contributed by atoms with Crippen LogP contribution in [-0.4, -0.2) is 16.8 Å². The molecule has 0 saturated heterocycles. The van der Waals surface area contributed by atoms with Crippen molar-refractivity contribution in [3.63, 3.8) is 0 Å². The van der Waals surface area contributed by atoms with E-state index in [1.807, 2.05) is 12.2 Å². The highest BCUT2D eigenvalue weighted by molar-refractivity contribution is 7.80. The molecule has 0 atom stereocenters. The number of benzene rings is 1. The van der Waals surface area contributed by atoms with E-state index in [1.54, 1.807) is 18.2 Å². The molecule has 0 spiro atoms. The van der Waals surface area contributed by atoms with Gasteiger partial charge in [-0.3, -0.25) is 0 Å². The molecule has 1 aromatic rings. The summed E-state index contributed by atoms with van der Waals surface area (Å²) in [6.45, 7) is 0. The summed E-state index contributed by atoms with van der Waals surface area (Å²) >= 11 is 4.07. The third kappa shape index (κ3) is 3.32. The summed E-state index contributed by atoms with van der Waals surface area (Å²) < 4.78 is 0. The van der Waals surface area contributed by atoms with Gasteiger partial charge in [-0.15, -0.1) is 0 Å². The number of carboxylic acid groups (broad SMARTS) is 1. The van der Waals surface area contributed by atoms with E-state index in [9.17, 15) is 4.79 Å². The number of nitrogens with two attached hydrogens (primary N) is 1. The lowest BCUT2D eigenvalue weighted by Crippen LogP contribution is -2.02. The molecule has 3 nitrogen and oxygen atoms in total. The summed E-state index contributed by atoms with van der Waals surface area (Å²) in [5, 5.41) is 8.85. The fourth-order valence-corrected chi connectivity index (χ4v) is 1.31. The molecule has 0 aliphatic rings. The number of aromatic carboxylic acids is 1. The number of thiol groups is 1. The first-order valence-corrected chi connectivity index (χ1v) is 5.18. The molecular weight excluding hydrogens is 210 g/mol. The van der Waals surface area contributed by atoms with Gasteiger partial charge in [0.1, 0.15) is 0 Å². The molecule has 0 saturated carbocycles. The number of carbonyl (C=O) groups is 1. The van der Waals surface area contributed by atoms with Crippen LogP contribution in [0.25, 0.3) is 6.08 Å². The van der Waals surface area contributed by atoms with Crippen LogP contribution in [0.3, 0.4) is 0 Å². The van der Waals surface area contributed by atoms with Crippen LogP contribution >= 0.6 is 12.6 Å². The van der Waals surface area contributed by atoms with Crippen LogP contribution in [0.15, 0.2) is 24.3 Å². The molecule has 0 amide bonds. The molecule has 0 aliphatic carbocycles. The van der Waals surface area contributed by atoms with Gasteiger partial charge in [0.2, 0.25) is 0 Å². The third-order valence-corrected chi connectivity index (χ3v) is 2.17. The van der Waals surface area contributed by atoms with Crippen LogP contribution in [0.4, 0.5) is 5.69 Å². The summed E-state index contributed by atoms with van der Waals surface area (Å²) in [7, 11) is 0. The molecule has 80 valence electrons. The van der Waals surface area contributed by atoms with E-state index in [0.29, 0.717) is 0 Å². The Hall–Kier alpha value is -1.42. The normalized spacial score (nSPS) is 10.7. The summed E-state index contributed by atoms with van der Waals surface area (Å²) in [6, 6.07) is 4.95. The molecule has 3 N–H and O–H groups in total. The van der Waals surface area contributed by atoms with Crippen molar-refractivity contribution in [2.45, 2.75) is 6.42 Å². The molecule has 15 heavy (non-hydrogen) atoms. The van der Waals surface area contributed by atoms with E-state index in [0.717, 1.165) is 17.7 Å². The van der Waals surface area contributed by atoms with Crippen molar-refractivity contribution in [2.24, 2.45) is 0 Å². The number of rotatable bonds is 4. The van der Waals surface area contributed by atoms with E-state index < -0.39 is 5.97 Å². The lowest BCUT2D eigenvalue weighted by molar-refractivity contribution is 0.0698. The Labute approximate surface area is 94.0 Å². The number of anilines is 1. The van der Waals surface area contributed by atoms with Crippen LogP contribution < -0.4 is 5.73 Å². The maximum atomic E-state index is 10.8. The van der Waals surface area contributed by atoms with Gasteiger partial charge in [0.25, 0.3) is 0 Å². The molecule has 0 fully saturated rings. The first kappa shape index (κ1) is 11.7. The largest absolute Gasteiger partial charge is 0.478 e. The van der Waals surface area contributed by atoms with Crippen molar-refractivity contribution < 1.29 is 9.90 Å². The Morgan fingerprint density at radius 3 is 2.87 bits per heavy atom. The average Bonchev–Trinajstić information content (AvgIpc) is 2.20. The Morgan fingerprint density at radius 1 is 1.53 bits per heavy atom. The minimum atomic E-state index is -1.00. The SMILES string of the molecule is Nc1ccc(C=CCCS)cc1C(=O)O. The molecule has 0 radical (unpaired) electrons.